The summed E-state index contributed by atoms with van der Waals surface area (Å²) in [6, 6.07) is 4.44. The third kappa shape index (κ3) is 4.01. The van der Waals surface area contributed by atoms with Gasteiger partial charge < -0.3 is 10.2 Å². The second-order valence-corrected chi connectivity index (χ2v) is 5.94. The summed E-state index contributed by atoms with van der Waals surface area (Å²) in [5, 5.41) is 2.89. The number of amides is 1. The van der Waals surface area contributed by atoms with Crippen LogP contribution in [0.5, 0.6) is 0 Å². The number of carbonyl (C=O) groups excluding carboxylic acids is 1. The number of nitrogens with one attached hydrogen (secondary N) is 1. The molecule has 0 unspecified atom stereocenters. The molecule has 1 aromatic carbocycles. The van der Waals surface area contributed by atoms with E-state index in [1.54, 1.807) is 12.1 Å². The maximum Gasteiger partial charge on any atom is 0.251 e. The van der Waals surface area contributed by atoms with Gasteiger partial charge in [-0.15, -0.1) is 0 Å². The van der Waals surface area contributed by atoms with Crippen LogP contribution >= 0.6 is 15.9 Å². The van der Waals surface area contributed by atoms with E-state index in [1.165, 1.54) is 6.07 Å². The van der Waals surface area contributed by atoms with Crippen LogP contribution in [0.2, 0.25) is 0 Å². The van der Waals surface area contributed by atoms with E-state index in [0.29, 0.717) is 22.5 Å². The Labute approximate surface area is 121 Å². The van der Waals surface area contributed by atoms with Crippen molar-refractivity contribution in [3.8, 4) is 0 Å². The average Bonchev–Trinajstić information content (AvgIpc) is 2.41. The monoisotopic (exact) mass is 328 g/mol. The molecule has 104 valence electrons. The van der Waals surface area contributed by atoms with Crippen molar-refractivity contribution in [2.75, 3.05) is 26.7 Å². The Balaban J connectivity index is 1.85. The number of hydrogen-bond acceptors (Lipinski definition) is 2. The average molecular weight is 329 g/mol. The molecule has 3 nitrogen and oxygen atoms in total. The van der Waals surface area contributed by atoms with E-state index in [4.69, 9.17) is 0 Å². The van der Waals surface area contributed by atoms with Gasteiger partial charge in [0.25, 0.3) is 5.91 Å². The van der Waals surface area contributed by atoms with Crippen LogP contribution in [0.3, 0.4) is 0 Å². The molecule has 0 spiro atoms. The Morgan fingerprint density at radius 3 is 2.79 bits per heavy atom. The van der Waals surface area contributed by atoms with E-state index < -0.39 is 5.82 Å². The first-order chi connectivity index (χ1) is 9.06. The minimum Gasteiger partial charge on any atom is -0.352 e. The minimum absolute atomic E-state index is 0.203. The highest BCUT2D eigenvalue weighted by Crippen LogP contribution is 2.17. The molecule has 1 aliphatic heterocycles. The molecule has 1 fully saturated rings. The lowest BCUT2D eigenvalue weighted by Crippen LogP contribution is -2.36. The summed E-state index contributed by atoms with van der Waals surface area (Å²) in [4.78, 5) is 14.2. The molecule has 1 aliphatic rings. The predicted octanol–water partition coefficient (Wildman–Crippen LogP) is 2.66. The Kier molecular flexibility index (Phi) is 4.93. The van der Waals surface area contributed by atoms with Gasteiger partial charge in [0.2, 0.25) is 0 Å². The molecule has 19 heavy (non-hydrogen) atoms. The highest BCUT2D eigenvalue weighted by Gasteiger charge is 2.17. The molecule has 1 amide bonds. The maximum atomic E-state index is 13.3. The molecule has 0 radical (unpaired) electrons. The van der Waals surface area contributed by atoms with Crippen molar-refractivity contribution >= 4 is 21.8 Å². The first kappa shape index (κ1) is 14.5. The summed E-state index contributed by atoms with van der Waals surface area (Å²) >= 11 is 3.07. The number of benzene rings is 1. The Morgan fingerprint density at radius 2 is 2.16 bits per heavy atom. The molecule has 0 saturated carbocycles. The number of halogens is 2. The van der Waals surface area contributed by atoms with Gasteiger partial charge in [0.05, 0.1) is 4.47 Å². The molecule has 1 aromatic rings. The van der Waals surface area contributed by atoms with Crippen LogP contribution in [0.25, 0.3) is 0 Å². The van der Waals surface area contributed by atoms with Crippen molar-refractivity contribution < 1.29 is 9.18 Å². The highest BCUT2D eigenvalue weighted by molar-refractivity contribution is 9.10. The van der Waals surface area contributed by atoms with Crippen LogP contribution in [0.4, 0.5) is 4.39 Å². The third-order valence-corrected chi connectivity index (χ3v) is 4.21. The van der Waals surface area contributed by atoms with E-state index in [2.05, 4.69) is 33.2 Å². The quantitative estimate of drug-likeness (QED) is 0.925. The second-order valence-electron chi connectivity index (χ2n) is 5.09. The van der Waals surface area contributed by atoms with Crippen LogP contribution in [-0.2, 0) is 0 Å². The molecule has 0 atom stereocenters. The van der Waals surface area contributed by atoms with Crippen LogP contribution in [-0.4, -0.2) is 37.5 Å². The maximum absolute atomic E-state index is 13.3. The van der Waals surface area contributed by atoms with Crippen molar-refractivity contribution in [3.05, 3.63) is 34.1 Å². The molecule has 0 aliphatic carbocycles. The topological polar surface area (TPSA) is 32.3 Å². The van der Waals surface area contributed by atoms with Crippen molar-refractivity contribution in [3.63, 3.8) is 0 Å². The predicted molar refractivity (Wildman–Crippen MR) is 76.7 cm³/mol. The lowest BCUT2D eigenvalue weighted by atomic mass is 9.97. The van der Waals surface area contributed by atoms with E-state index in [-0.39, 0.29) is 5.91 Å². The van der Waals surface area contributed by atoms with Gasteiger partial charge in [-0.3, -0.25) is 4.79 Å². The van der Waals surface area contributed by atoms with Crippen molar-refractivity contribution in [2.24, 2.45) is 5.92 Å². The largest absolute Gasteiger partial charge is 0.352 e. The summed E-state index contributed by atoms with van der Waals surface area (Å²) in [6.45, 7) is 2.82. The number of nitrogens with zero attached hydrogens (tertiary/aromatic N) is 1. The zero-order valence-corrected chi connectivity index (χ0v) is 12.5. The van der Waals surface area contributed by atoms with E-state index in [1.807, 2.05) is 0 Å². The van der Waals surface area contributed by atoms with E-state index >= 15 is 0 Å². The van der Waals surface area contributed by atoms with Crippen LogP contribution in [0.1, 0.15) is 23.2 Å². The van der Waals surface area contributed by atoms with Gasteiger partial charge >= 0.3 is 0 Å². The minimum atomic E-state index is -0.410. The first-order valence-corrected chi connectivity index (χ1v) is 7.27. The summed E-state index contributed by atoms with van der Waals surface area (Å²) < 4.78 is 13.7. The molecule has 5 heteroatoms. The van der Waals surface area contributed by atoms with Gasteiger partial charge in [0, 0.05) is 12.1 Å². The second kappa shape index (κ2) is 6.48. The van der Waals surface area contributed by atoms with Gasteiger partial charge in [-0.1, -0.05) is 0 Å². The summed E-state index contributed by atoms with van der Waals surface area (Å²) in [7, 11) is 2.11. The molecule has 0 aromatic heterocycles. The standard InChI is InChI=1S/C14H18BrFN2O/c1-18-6-4-10(5-7-18)9-17-14(19)11-2-3-12(15)13(16)8-11/h2-3,8,10H,4-7,9H2,1H3,(H,17,19). The van der Waals surface area contributed by atoms with E-state index in [0.717, 1.165) is 25.9 Å². The highest BCUT2D eigenvalue weighted by atomic mass is 79.9. The fraction of sp³-hybridized carbons (Fsp3) is 0.500. The van der Waals surface area contributed by atoms with Gasteiger partial charge in [-0.2, -0.15) is 0 Å². The number of carbonyl (C=O) groups is 1. The molecular formula is C14H18BrFN2O. The number of piperidine rings is 1. The Bertz CT molecular complexity index is 459. The van der Waals surface area contributed by atoms with Gasteiger partial charge in [-0.25, -0.2) is 4.39 Å². The van der Waals surface area contributed by atoms with Gasteiger partial charge in [-0.05, 0) is 73.0 Å². The first-order valence-electron chi connectivity index (χ1n) is 6.48. The van der Waals surface area contributed by atoms with Gasteiger partial charge in [0.15, 0.2) is 0 Å². The van der Waals surface area contributed by atoms with Crippen molar-refractivity contribution in [1.29, 1.82) is 0 Å². The summed E-state index contributed by atoms with van der Waals surface area (Å²) in [5.74, 6) is -0.0854. The lowest BCUT2D eigenvalue weighted by Gasteiger charge is -2.28. The number of likely N-dealkylation sites (tertiary alicyclic amines) is 1. The summed E-state index contributed by atoms with van der Waals surface area (Å²) in [6.07, 6.45) is 2.21. The summed E-state index contributed by atoms with van der Waals surface area (Å²) in [5.41, 5.74) is 0.369. The molecule has 1 heterocycles. The SMILES string of the molecule is CN1CCC(CNC(=O)c2ccc(Br)c(F)c2)CC1. The molecule has 2 rings (SSSR count). The molecular weight excluding hydrogens is 311 g/mol. The third-order valence-electron chi connectivity index (χ3n) is 3.57. The van der Waals surface area contributed by atoms with E-state index in [9.17, 15) is 9.18 Å². The van der Waals surface area contributed by atoms with Crippen LogP contribution in [0, 0.1) is 11.7 Å². The van der Waals surface area contributed by atoms with Gasteiger partial charge in [0.1, 0.15) is 5.82 Å². The number of rotatable bonds is 3. The Hall–Kier alpha value is -0.940. The zero-order chi connectivity index (χ0) is 13.8. The molecule has 1 saturated heterocycles. The normalized spacial score (nSPS) is 17.4. The zero-order valence-electron chi connectivity index (χ0n) is 11.0. The molecule has 0 bridgehead atoms. The lowest BCUT2D eigenvalue weighted by molar-refractivity contribution is 0.0938. The van der Waals surface area contributed by atoms with Crippen LogP contribution < -0.4 is 5.32 Å². The van der Waals surface area contributed by atoms with Crippen molar-refractivity contribution in [2.45, 2.75) is 12.8 Å². The Morgan fingerprint density at radius 1 is 1.47 bits per heavy atom. The van der Waals surface area contributed by atoms with Crippen LogP contribution in [0.15, 0.2) is 22.7 Å². The number of hydrogen-bond donors (Lipinski definition) is 1. The smallest absolute Gasteiger partial charge is 0.251 e. The molecule has 1 N–H and O–H groups in total. The fourth-order valence-electron chi connectivity index (χ4n) is 2.24. The van der Waals surface area contributed by atoms with Crippen molar-refractivity contribution in [1.82, 2.24) is 10.2 Å². The fourth-order valence-corrected chi connectivity index (χ4v) is 2.49.